The van der Waals surface area contributed by atoms with Gasteiger partial charge in [-0.3, -0.25) is 14.5 Å². The highest BCUT2D eigenvalue weighted by Gasteiger charge is 2.30. The van der Waals surface area contributed by atoms with Crippen LogP contribution in [0.25, 0.3) is 0 Å². The standard InChI is InChI=1S/C11H17N3O3/c12-5-1-6-13-10(15)8-14(9-2-3-9)7-4-11(16)17/h9H,1-4,6-8H2,(H,13,15)(H,16,17). The number of hydrogen-bond acceptors (Lipinski definition) is 4. The van der Waals surface area contributed by atoms with Crippen LogP contribution in [0.4, 0.5) is 0 Å². The lowest BCUT2D eigenvalue weighted by Gasteiger charge is -2.20. The number of carbonyl (C=O) groups excluding carboxylic acids is 1. The fourth-order valence-electron chi connectivity index (χ4n) is 1.57. The highest BCUT2D eigenvalue weighted by Crippen LogP contribution is 2.26. The summed E-state index contributed by atoms with van der Waals surface area (Å²) in [6, 6.07) is 2.30. The summed E-state index contributed by atoms with van der Waals surface area (Å²) in [5.74, 6) is -0.988. The normalized spacial score (nSPS) is 14.4. The number of aliphatic carboxylic acids is 1. The van der Waals surface area contributed by atoms with Gasteiger partial charge in [-0.2, -0.15) is 5.26 Å². The second-order valence-corrected chi connectivity index (χ2v) is 4.10. The van der Waals surface area contributed by atoms with Crippen molar-refractivity contribution in [1.82, 2.24) is 10.2 Å². The molecule has 2 N–H and O–H groups in total. The Balaban J connectivity index is 2.26. The van der Waals surface area contributed by atoms with Crippen LogP contribution in [0.2, 0.25) is 0 Å². The lowest BCUT2D eigenvalue weighted by Crippen LogP contribution is -2.39. The van der Waals surface area contributed by atoms with Crippen LogP contribution in [-0.4, -0.2) is 47.6 Å². The Labute approximate surface area is 100 Å². The minimum absolute atomic E-state index is 0.0575. The maximum Gasteiger partial charge on any atom is 0.304 e. The molecule has 1 aliphatic rings. The summed E-state index contributed by atoms with van der Waals surface area (Å²) in [6.45, 7) is 0.988. The molecule has 1 fully saturated rings. The van der Waals surface area contributed by atoms with Crippen LogP contribution >= 0.6 is 0 Å². The highest BCUT2D eigenvalue weighted by molar-refractivity contribution is 5.78. The Morgan fingerprint density at radius 3 is 2.71 bits per heavy atom. The molecule has 0 aromatic rings. The summed E-state index contributed by atoms with van der Waals surface area (Å²) >= 11 is 0. The van der Waals surface area contributed by atoms with E-state index in [0.717, 1.165) is 12.8 Å². The van der Waals surface area contributed by atoms with Crippen molar-refractivity contribution in [3.63, 3.8) is 0 Å². The number of amides is 1. The van der Waals surface area contributed by atoms with E-state index in [9.17, 15) is 9.59 Å². The zero-order valence-electron chi connectivity index (χ0n) is 9.69. The topological polar surface area (TPSA) is 93.4 Å². The second-order valence-electron chi connectivity index (χ2n) is 4.10. The van der Waals surface area contributed by atoms with E-state index in [0.29, 0.717) is 25.6 Å². The molecule has 94 valence electrons. The summed E-state index contributed by atoms with van der Waals surface area (Å²) < 4.78 is 0. The van der Waals surface area contributed by atoms with Gasteiger partial charge in [0.25, 0.3) is 0 Å². The van der Waals surface area contributed by atoms with Crippen LogP contribution in [0.3, 0.4) is 0 Å². The van der Waals surface area contributed by atoms with E-state index in [1.165, 1.54) is 0 Å². The first kappa shape index (κ1) is 13.5. The lowest BCUT2D eigenvalue weighted by atomic mass is 10.3. The molecule has 17 heavy (non-hydrogen) atoms. The second kappa shape index (κ2) is 6.86. The van der Waals surface area contributed by atoms with Crippen molar-refractivity contribution in [2.75, 3.05) is 19.6 Å². The van der Waals surface area contributed by atoms with E-state index >= 15 is 0 Å². The molecule has 0 atom stereocenters. The number of nitrogens with zero attached hydrogens (tertiary/aromatic N) is 2. The Bertz CT molecular complexity index is 320. The zero-order chi connectivity index (χ0) is 12.7. The average molecular weight is 239 g/mol. The first-order valence-corrected chi connectivity index (χ1v) is 5.73. The van der Waals surface area contributed by atoms with Crippen molar-refractivity contribution < 1.29 is 14.7 Å². The molecule has 0 aliphatic heterocycles. The molecule has 0 heterocycles. The fourth-order valence-corrected chi connectivity index (χ4v) is 1.57. The third-order valence-corrected chi connectivity index (χ3v) is 2.58. The van der Waals surface area contributed by atoms with E-state index in [1.54, 1.807) is 0 Å². The molecule has 1 rings (SSSR count). The first-order valence-electron chi connectivity index (χ1n) is 5.73. The van der Waals surface area contributed by atoms with Crippen molar-refractivity contribution in [2.24, 2.45) is 0 Å². The van der Waals surface area contributed by atoms with Crippen LogP contribution in [-0.2, 0) is 9.59 Å². The predicted molar refractivity (Wildman–Crippen MR) is 60.1 cm³/mol. The molecule has 1 aliphatic carbocycles. The van der Waals surface area contributed by atoms with Crippen LogP contribution in [0.5, 0.6) is 0 Å². The predicted octanol–water partition coefficient (Wildman–Crippen LogP) is -0.0446. The first-order chi connectivity index (χ1) is 8.13. The summed E-state index contributed by atoms with van der Waals surface area (Å²) in [5, 5.41) is 19.6. The van der Waals surface area contributed by atoms with Crippen molar-refractivity contribution >= 4 is 11.9 Å². The maximum atomic E-state index is 11.5. The number of nitrogens with one attached hydrogen (secondary N) is 1. The summed E-state index contributed by atoms with van der Waals surface area (Å²) in [7, 11) is 0. The van der Waals surface area contributed by atoms with Crippen LogP contribution < -0.4 is 5.32 Å². The van der Waals surface area contributed by atoms with E-state index in [2.05, 4.69) is 5.32 Å². The number of carbonyl (C=O) groups is 2. The van der Waals surface area contributed by atoms with Crippen LogP contribution in [0, 0.1) is 11.3 Å². The van der Waals surface area contributed by atoms with Crippen molar-refractivity contribution in [2.45, 2.75) is 31.7 Å². The summed E-state index contributed by atoms with van der Waals surface area (Å²) in [5.41, 5.74) is 0. The summed E-state index contributed by atoms with van der Waals surface area (Å²) in [4.78, 5) is 23.9. The van der Waals surface area contributed by atoms with Gasteiger partial charge in [0.05, 0.1) is 25.5 Å². The summed E-state index contributed by atoms with van der Waals surface area (Å²) in [6.07, 6.45) is 2.42. The van der Waals surface area contributed by atoms with Crippen LogP contribution in [0.1, 0.15) is 25.7 Å². The largest absolute Gasteiger partial charge is 0.481 e. The Morgan fingerprint density at radius 1 is 1.47 bits per heavy atom. The third kappa shape index (κ3) is 5.88. The van der Waals surface area contributed by atoms with Gasteiger partial charge in [-0.05, 0) is 12.8 Å². The van der Waals surface area contributed by atoms with Gasteiger partial charge in [-0.15, -0.1) is 0 Å². The third-order valence-electron chi connectivity index (χ3n) is 2.58. The number of carboxylic acids is 1. The molecule has 0 spiro atoms. The van der Waals surface area contributed by atoms with Crippen molar-refractivity contribution in [3.8, 4) is 6.07 Å². The molecule has 0 unspecified atom stereocenters. The van der Waals surface area contributed by atoms with Gasteiger partial charge in [-0.25, -0.2) is 0 Å². The highest BCUT2D eigenvalue weighted by atomic mass is 16.4. The van der Waals surface area contributed by atoms with Gasteiger partial charge in [0.1, 0.15) is 0 Å². The molecule has 0 aromatic heterocycles. The molecule has 0 radical (unpaired) electrons. The fraction of sp³-hybridized carbons (Fsp3) is 0.727. The molecule has 1 amide bonds. The number of nitriles is 1. The Hall–Kier alpha value is -1.61. The minimum Gasteiger partial charge on any atom is -0.481 e. The lowest BCUT2D eigenvalue weighted by molar-refractivity contribution is -0.137. The van der Waals surface area contributed by atoms with E-state index < -0.39 is 5.97 Å². The van der Waals surface area contributed by atoms with Gasteiger partial charge in [0, 0.05) is 19.1 Å². The molecule has 6 nitrogen and oxygen atoms in total. The monoisotopic (exact) mass is 239 g/mol. The molecular weight excluding hydrogens is 222 g/mol. The van der Waals surface area contributed by atoms with Crippen molar-refractivity contribution in [3.05, 3.63) is 0 Å². The van der Waals surface area contributed by atoms with Crippen LogP contribution in [0.15, 0.2) is 0 Å². The maximum absolute atomic E-state index is 11.5. The zero-order valence-corrected chi connectivity index (χ0v) is 9.69. The van der Waals surface area contributed by atoms with Gasteiger partial charge in [0.2, 0.25) is 5.91 Å². The van der Waals surface area contributed by atoms with E-state index in [1.807, 2.05) is 11.0 Å². The number of carboxylic acid groups (broad SMARTS) is 1. The van der Waals surface area contributed by atoms with E-state index in [4.69, 9.17) is 10.4 Å². The minimum atomic E-state index is -0.847. The number of rotatable bonds is 8. The quantitative estimate of drug-likeness (QED) is 0.579. The number of hydrogen-bond donors (Lipinski definition) is 2. The van der Waals surface area contributed by atoms with E-state index in [-0.39, 0.29) is 18.9 Å². The molecule has 0 aromatic carbocycles. The van der Waals surface area contributed by atoms with Crippen molar-refractivity contribution in [1.29, 1.82) is 5.26 Å². The van der Waals surface area contributed by atoms with Gasteiger partial charge in [-0.1, -0.05) is 0 Å². The Kier molecular flexibility index (Phi) is 5.43. The SMILES string of the molecule is N#CCCNC(=O)CN(CCC(=O)O)C1CC1. The molecule has 0 bridgehead atoms. The molecular formula is C11H17N3O3. The molecule has 1 saturated carbocycles. The average Bonchev–Trinajstić information content (AvgIpc) is 3.08. The van der Waals surface area contributed by atoms with Gasteiger partial charge >= 0.3 is 5.97 Å². The smallest absolute Gasteiger partial charge is 0.304 e. The van der Waals surface area contributed by atoms with Gasteiger partial charge < -0.3 is 10.4 Å². The molecule has 6 heteroatoms. The Morgan fingerprint density at radius 2 is 2.18 bits per heavy atom. The molecule has 0 saturated heterocycles. The van der Waals surface area contributed by atoms with Gasteiger partial charge in [0.15, 0.2) is 0 Å².